The van der Waals surface area contributed by atoms with Crippen molar-refractivity contribution in [3.05, 3.63) is 72.9 Å². The zero-order chi connectivity index (χ0) is 36.1. The second-order valence-electron chi connectivity index (χ2n) is 11.8. The lowest BCUT2D eigenvalue weighted by atomic mass is 10.1. The van der Waals surface area contributed by atoms with Crippen LogP contribution >= 0.6 is 7.82 Å². The normalized spacial score (nSPS) is 14.3. The Morgan fingerprint density at radius 3 is 1.73 bits per heavy atom. The van der Waals surface area contributed by atoms with Crippen molar-refractivity contribution in [3.63, 3.8) is 0 Å². The molecule has 0 aliphatic rings. The average molecular weight is 708 g/mol. The fourth-order valence-electron chi connectivity index (χ4n) is 4.38. The van der Waals surface area contributed by atoms with E-state index in [1.807, 2.05) is 0 Å². The van der Waals surface area contributed by atoms with Gasteiger partial charge in [0.15, 0.2) is 0 Å². The molecule has 0 fully saturated rings. The molecule has 10 heteroatoms. The van der Waals surface area contributed by atoms with Gasteiger partial charge in [0.25, 0.3) is 0 Å². The van der Waals surface area contributed by atoms with Gasteiger partial charge in [0.2, 0.25) is 5.91 Å². The highest BCUT2D eigenvalue weighted by atomic mass is 31.2. The lowest BCUT2D eigenvalue weighted by Crippen LogP contribution is -2.27. The highest BCUT2D eigenvalue weighted by Gasteiger charge is 2.23. The molecular formula is C39H66NO8P. The molecule has 0 rings (SSSR count). The molecule has 0 aromatic carbocycles. The van der Waals surface area contributed by atoms with Crippen LogP contribution in [0.2, 0.25) is 0 Å². The minimum absolute atomic E-state index is 0.0542. The first kappa shape index (κ1) is 46.5. The van der Waals surface area contributed by atoms with Crippen LogP contribution < -0.4 is 5.32 Å². The summed E-state index contributed by atoms with van der Waals surface area (Å²) in [6, 6.07) is 0. The van der Waals surface area contributed by atoms with Crippen LogP contribution in [0.3, 0.4) is 0 Å². The monoisotopic (exact) mass is 707 g/mol. The van der Waals surface area contributed by atoms with E-state index in [1.165, 1.54) is 25.7 Å². The zero-order valence-corrected chi connectivity index (χ0v) is 31.2. The first-order valence-corrected chi connectivity index (χ1v) is 19.9. The molecule has 1 amide bonds. The number of hydrogen-bond acceptors (Lipinski definition) is 7. The minimum atomic E-state index is -4.42. The van der Waals surface area contributed by atoms with Gasteiger partial charge in [0.05, 0.1) is 13.2 Å². The van der Waals surface area contributed by atoms with Gasteiger partial charge >= 0.3 is 13.8 Å². The molecule has 0 radical (unpaired) electrons. The first-order chi connectivity index (χ1) is 23.8. The number of phosphoric acid groups is 1. The van der Waals surface area contributed by atoms with Gasteiger partial charge in [-0.15, -0.1) is 0 Å². The smallest absolute Gasteiger partial charge is 0.463 e. The van der Waals surface area contributed by atoms with E-state index in [0.29, 0.717) is 6.42 Å². The number of hydrogen-bond donors (Lipinski definition) is 3. The summed E-state index contributed by atoms with van der Waals surface area (Å²) in [5, 5.41) is 12.5. The Kier molecular flexibility index (Phi) is 33.4. The van der Waals surface area contributed by atoms with Crippen LogP contribution in [0, 0.1) is 0 Å². The number of nitrogens with one attached hydrogen (secondary N) is 1. The Labute approximate surface area is 297 Å². The Hall–Kier alpha value is -2.55. The summed E-state index contributed by atoms with van der Waals surface area (Å²) < 4.78 is 26.6. The molecule has 0 aliphatic carbocycles. The summed E-state index contributed by atoms with van der Waals surface area (Å²) in [6.07, 6.45) is 41.4. The number of carbonyl (C=O) groups excluding carboxylic acids is 2. The molecule has 0 bridgehead atoms. The summed E-state index contributed by atoms with van der Waals surface area (Å²) in [5.74, 6) is -0.575. The van der Waals surface area contributed by atoms with Gasteiger partial charge < -0.3 is 20.1 Å². The van der Waals surface area contributed by atoms with Gasteiger partial charge in [-0.1, -0.05) is 125 Å². The average Bonchev–Trinajstić information content (AvgIpc) is 3.08. The van der Waals surface area contributed by atoms with Crippen LogP contribution in [0.4, 0.5) is 0 Å². The number of carbonyl (C=O) groups is 2. The summed E-state index contributed by atoms with van der Waals surface area (Å²) in [4.78, 5) is 33.6. The minimum Gasteiger partial charge on any atom is -0.463 e. The Bertz CT molecular complexity index is 1030. The van der Waals surface area contributed by atoms with E-state index in [-0.39, 0.29) is 32.1 Å². The van der Waals surface area contributed by atoms with Gasteiger partial charge in [-0.2, -0.15) is 0 Å². The molecule has 280 valence electrons. The van der Waals surface area contributed by atoms with Gasteiger partial charge in [-0.05, 0) is 64.2 Å². The second kappa shape index (κ2) is 35.3. The maximum Gasteiger partial charge on any atom is 0.472 e. The number of esters is 1. The van der Waals surface area contributed by atoms with E-state index >= 15 is 0 Å². The van der Waals surface area contributed by atoms with Crippen LogP contribution in [-0.2, 0) is 27.9 Å². The summed E-state index contributed by atoms with van der Waals surface area (Å²) in [6.45, 7) is 3.29. The van der Waals surface area contributed by atoms with Gasteiger partial charge in [0.1, 0.15) is 12.7 Å². The number of rotatable bonds is 33. The topological polar surface area (TPSA) is 131 Å². The van der Waals surface area contributed by atoms with Crippen molar-refractivity contribution in [2.45, 2.75) is 136 Å². The van der Waals surface area contributed by atoms with Crippen LogP contribution in [0.25, 0.3) is 0 Å². The standard InChI is InChI=1S/C39H66NO8P/c1-3-5-7-9-11-12-13-14-15-16-17-18-19-20-21-22-23-24-26-27-29-31-38(42)40-33-34-47-49(44,45)48-36-37(41)35-46-39(43)32-30-28-25-10-8-6-4-2/h5,7,11-12,14-15,17-18,20-21,23-24,37,41H,3-4,6,8-10,13,16,19,22,25-36H2,1-2H3,(H,40,42)(H,44,45)/b7-5-,12-11-,15-14-,18-17-,21-20-,24-23-. The molecule has 49 heavy (non-hydrogen) atoms. The van der Waals surface area contributed by atoms with Gasteiger partial charge in [0, 0.05) is 19.4 Å². The number of aliphatic hydroxyl groups excluding tert-OH is 1. The van der Waals surface area contributed by atoms with Crippen molar-refractivity contribution in [2.24, 2.45) is 0 Å². The molecule has 0 spiro atoms. The molecule has 3 N–H and O–H groups in total. The molecular weight excluding hydrogens is 641 g/mol. The Morgan fingerprint density at radius 1 is 0.653 bits per heavy atom. The number of amides is 1. The largest absolute Gasteiger partial charge is 0.472 e. The van der Waals surface area contributed by atoms with Crippen LogP contribution in [-0.4, -0.2) is 54.3 Å². The number of allylic oxidation sites excluding steroid dienone is 12. The molecule has 0 heterocycles. The summed E-state index contributed by atoms with van der Waals surface area (Å²) in [5.41, 5.74) is 0. The maximum atomic E-state index is 12.0. The number of phosphoric ester groups is 1. The molecule has 0 aromatic rings. The first-order valence-electron chi connectivity index (χ1n) is 18.4. The highest BCUT2D eigenvalue weighted by molar-refractivity contribution is 7.47. The quantitative estimate of drug-likeness (QED) is 0.0266. The van der Waals surface area contributed by atoms with E-state index in [0.717, 1.165) is 77.0 Å². The van der Waals surface area contributed by atoms with E-state index < -0.39 is 26.5 Å². The van der Waals surface area contributed by atoms with Crippen molar-refractivity contribution in [1.29, 1.82) is 0 Å². The third-order valence-corrected chi connectivity index (χ3v) is 8.14. The van der Waals surface area contributed by atoms with Crippen molar-refractivity contribution < 1.29 is 37.9 Å². The number of ether oxygens (including phenoxy) is 1. The van der Waals surface area contributed by atoms with Crippen LogP contribution in [0.5, 0.6) is 0 Å². The number of unbranched alkanes of at least 4 members (excludes halogenated alkanes) is 8. The van der Waals surface area contributed by atoms with Crippen LogP contribution in [0.1, 0.15) is 129 Å². The van der Waals surface area contributed by atoms with E-state index in [9.17, 15) is 24.2 Å². The van der Waals surface area contributed by atoms with Crippen molar-refractivity contribution in [2.75, 3.05) is 26.4 Å². The lowest BCUT2D eigenvalue weighted by Gasteiger charge is -2.15. The molecule has 2 unspecified atom stereocenters. The molecule has 9 nitrogen and oxygen atoms in total. The van der Waals surface area contributed by atoms with Gasteiger partial charge in [-0.3, -0.25) is 18.6 Å². The van der Waals surface area contributed by atoms with Crippen LogP contribution in [0.15, 0.2) is 72.9 Å². The predicted octanol–water partition coefficient (Wildman–Crippen LogP) is 9.54. The Balaban J connectivity index is 3.73. The SMILES string of the molecule is CC/C=C\C/C=C\C/C=C\C/C=C\C/C=C\C/C=C\CCCCC(=O)NCCOP(=O)(O)OCC(O)COC(=O)CCCCCCCCC. The summed E-state index contributed by atoms with van der Waals surface area (Å²) >= 11 is 0. The predicted molar refractivity (Wildman–Crippen MR) is 201 cm³/mol. The maximum absolute atomic E-state index is 12.0. The lowest BCUT2D eigenvalue weighted by molar-refractivity contribution is -0.147. The van der Waals surface area contributed by atoms with Crippen molar-refractivity contribution in [3.8, 4) is 0 Å². The van der Waals surface area contributed by atoms with E-state index in [1.54, 1.807) is 0 Å². The Morgan fingerprint density at radius 2 is 1.16 bits per heavy atom. The van der Waals surface area contributed by atoms with E-state index in [2.05, 4.69) is 92.1 Å². The molecule has 2 atom stereocenters. The zero-order valence-electron chi connectivity index (χ0n) is 30.4. The van der Waals surface area contributed by atoms with Crippen molar-refractivity contribution in [1.82, 2.24) is 5.32 Å². The number of aliphatic hydroxyl groups is 1. The fourth-order valence-corrected chi connectivity index (χ4v) is 5.14. The van der Waals surface area contributed by atoms with Gasteiger partial charge in [-0.25, -0.2) is 4.57 Å². The highest BCUT2D eigenvalue weighted by Crippen LogP contribution is 2.42. The molecule has 0 aromatic heterocycles. The third kappa shape index (κ3) is 36.6. The molecule has 0 aliphatic heterocycles. The van der Waals surface area contributed by atoms with Crippen molar-refractivity contribution >= 4 is 19.7 Å². The fraction of sp³-hybridized carbons (Fsp3) is 0.641. The molecule has 0 saturated carbocycles. The van der Waals surface area contributed by atoms with E-state index in [4.69, 9.17) is 13.8 Å². The third-order valence-electron chi connectivity index (χ3n) is 7.15. The second-order valence-corrected chi connectivity index (χ2v) is 13.3. The summed E-state index contributed by atoms with van der Waals surface area (Å²) in [7, 11) is -4.42. The molecule has 0 saturated heterocycles.